The number of rotatable bonds is 5. The van der Waals surface area contributed by atoms with Crippen molar-refractivity contribution in [1.82, 2.24) is 19.0 Å². The Bertz CT molecular complexity index is 1500. The first-order valence-corrected chi connectivity index (χ1v) is 13.4. The highest BCUT2D eigenvalue weighted by Crippen LogP contribution is 2.22. The number of hydrogen-bond donors (Lipinski definition) is 1. The van der Waals surface area contributed by atoms with Gasteiger partial charge in [0, 0.05) is 67.5 Å². The van der Waals surface area contributed by atoms with E-state index in [1.165, 1.54) is 0 Å². The molecule has 0 saturated carbocycles. The van der Waals surface area contributed by atoms with E-state index in [4.69, 9.17) is 9.72 Å². The lowest BCUT2D eigenvalue weighted by Gasteiger charge is -2.26. The molecule has 4 aromatic rings. The summed E-state index contributed by atoms with van der Waals surface area (Å²) in [5, 5.41) is 4.68. The van der Waals surface area contributed by atoms with Crippen LogP contribution >= 0.6 is 0 Å². The van der Waals surface area contributed by atoms with Gasteiger partial charge in [-0.15, -0.1) is 0 Å². The predicted octanol–water partition coefficient (Wildman–Crippen LogP) is 4.05. The predicted molar refractivity (Wildman–Crippen MR) is 145 cm³/mol. The molecule has 8 heteroatoms. The number of amides is 1. The molecule has 0 atom stereocenters. The third-order valence-corrected chi connectivity index (χ3v) is 7.62. The van der Waals surface area contributed by atoms with Crippen LogP contribution in [0.25, 0.3) is 21.8 Å². The van der Waals surface area contributed by atoms with Crippen LogP contribution in [0.3, 0.4) is 0 Å². The van der Waals surface area contributed by atoms with Crippen molar-refractivity contribution in [2.75, 3.05) is 38.2 Å². The number of carbonyl (C=O) groups excluding carboxylic acids is 1. The molecule has 0 bridgehead atoms. The van der Waals surface area contributed by atoms with Crippen LogP contribution in [0.2, 0.25) is 0 Å². The highest BCUT2D eigenvalue weighted by atomic mass is 16.5. The van der Waals surface area contributed by atoms with E-state index in [1.807, 2.05) is 16.7 Å². The first kappa shape index (κ1) is 23.9. The van der Waals surface area contributed by atoms with E-state index in [1.54, 1.807) is 18.2 Å². The second kappa shape index (κ2) is 10.5. The number of nitrogens with zero attached hydrogens (tertiary/aromatic N) is 4. The molecule has 6 rings (SSSR count). The van der Waals surface area contributed by atoms with Crippen molar-refractivity contribution in [3.05, 3.63) is 70.4 Å². The minimum absolute atomic E-state index is 0.00237. The Morgan fingerprint density at radius 1 is 0.946 bits per heavy atom. The molecule has 0 spiro atoms. The van der Waals surface area contributed by atoms with Crippen LogP contribution in [-0.2, 0) is 24.2 Å². The van der Waals surface area contributed by atoms with Crippen molar-refractivity contribution < 1.29 is 9.53 Å². The Balaban J connectivity index is 1.19. The van der Waals surface area contributed by atoms with Crippen LogP contribution in [0.5, 0.6) is 0 Å². The minimum Gasteiger partial charge on any atom is -0.379 e. The molecule has 2 aromatic carbocycles. The lowest BCUT2D eigenvalue weighted by molar-refractivity contribution is 0.0365. The number of fused-ring (bicyclic) bond motifs is 3. The van der Waals surface area contributed by atoms with E-state index in [0.717, 1.165) is 100 Å². The minimum atomic E-state index is -0.207. The highest BCUT2D eigenvalue weighted by Gasteiger charge is 2.16. The second-order valence-corrected chi connectivity index (χ2v) is 10.1. The zero-order chi connectivity index (χ0) is 25.2. The van der Waals surface area contributed by atoms with E-state index in [9.17, 15) is 9.59 Å². The van der Waals surface area contributed by atoms with Crippen molar-refractivity contribution in [3.63, 3.8) is 0 Å². The molecule has 0 aliphatic carbocycles. The van der Waals surface area contributed by atoms with Crippen LogP contribution in [0, 0.1) is 0 Å². The first-order valence-electron chi connectivity index (χ1n) is 13.4. The molecule has 4 heterocycles. The quantitative estimate of drug-likeness (QED) is 0.448. The molecule has 192 valence electrons. The number of aromatic nitrogens is 3. The highest BCUT2D eigenvalue weighted by molar-refractivity contribution is 6.06. The van der Waals surface area contributed by atoms with Gasteiger partial charge < -0.3 is 14.6 Å². The molecular weight excluding hydrogens is 466 g/mol. The van der Waals surface area contributed by atoms with Gasteiger partial charge in [0.2, 0.25) is 0 Å². The lowest BCUT2D eigenvalue weighted by atomic mass is 10.1. The van der Waals surface area contributed by atoms with E-state index >= 15 is 0 Å². The Morgan fingerprint density at radius 3 is 2.70 bits per heavy atom. The normalized spacial score (nSPS) is 16.9. The largest absolute Gasteiger partial charge is 0.379 e. The Kier molecular flexibility index (Phi) is 6.76. The summed E-state index contributed by atoms with van der Waals surface area (Å²) in [6.07, 6.45) is 7.26. The summed E-state index contributed by atoms with van der Waals surface area (Å²) in [5.74, 6) is 0.625. The van der Waals surface area contributed by atoms with Crippen molar-refractivity contribution in [3.8, 4) is 0 Å². The van der Waals surface area contributed by atoms with Gasteiger partial charge in [0.15, 0.2) is 0 Å². The number of morpholine rings is 1. The molecule has 2 aromatic heterocycles. The topological polar surface area (TPSA) is 81.4 Å². The number of benzene rings is 2. The van der Waals surface area contributed by atoms with Gasteiger partial charge in [-0.2, -0.15) is 0 Å². The SMILES string of the molecule is O=C(Nc1ccc2c(ccn2CCN2CCOCC2)c1)c1ccc2c(=O)n3c(nc2c1)CCCCCC3. The summed E-state index contributed by atoms with van der Waals surface area (Å²) in [4.78, 5) is 33.4. The molecule has 37 heavy (non-hydrogen) atoms. The molecule has 0 unspecified atom stereocenters. The first-order chi connectivity index (χ1) is 18.2. The number of anilines is 1. The molecule has 8 nitrogen and oxygen atoms in total. The third-order valence-electron chi connectivity index (χ3n) is 7.62. The fraction of sp³-hybridized carbons (Fsp3) is 0.414. The maximum Gasteiger partial charge on any atom is 0.261 e. The standard InChI is InChI=1S/C29H33N5O3/c35-28(22-6-8-24-25(20-22)31-27-5-3-1-2-4-11-34(27)29(24)36)30-23-7-9-26-21(19-23)10-12-33(26)14-13-32-15-17-37-18-16-32/h6-10,12,19-20H,1-5,11,13-18H2,(H,30,35). The fourth-order valence-electron chi connectivity index (χ4n) is 5.49. The fourth-order valence-corrected chi connectivity index (χ4v) is 5.49. The average molecular weight is 500 g/mol. The van der Waals surface area contributed by atoms with Crippen molar-refractivity contribution in [2.24, 2.45) is 0 Å². The van der Waals surface area contributed by atoms with E-state index < -0.39 is 0 Å². The number of carbonyl (C=O) groups is 1. The Labute approximate surface area is 215 Å². The lowest BCUT2D eigenvalue weighted by Crippen LogP contribution is -2.38. The average Bonchev–Trinajstić information content (AvgIpc) is 3.31. The Morgan fingerprint density at radius 2 is 1.81 bits per heavy atom. The van der Waals surface area contributed by atoms with Crippen molar-refractivity contribution in [2.45, 2.75) is 45.2 Å². The van der Waals surface area contributed by atoms with Gasteiger partial charge in [-0.05, 0) is 55.3 Å². The van der Waals surface area contributed by atoms with Crippen molar-refractivity contribution >= 4 is 33.4 Å². The molecule has 1 fully saturated rings. The van der Waals surface area contributed by atoms with Gasteiger partial charge >= 0.3 is 0 Å². The summed E-state index contributed by atoms with van der Waals surface area (Å²) in [7, 11) is 0. The van der Waals surface area contributed by atoms with Gasteiger partial charge in [-0.1, -0.05) is 12.8 Å². The third kappa shape index (κ3) is 5.04. The molecule has 1 saturated heterocycles. The number of ether oxygens (including phenoxy) is 1. The van der Waals surface area contributed by atoms with E-state index in [2.05, 4.69) is 33.1 Å². The maximum atomic E-state index is 13.1. The van der Waals surface area contributed by atoms with Crippen LogP contribution < -0.4 is 10.9 Å². The zero-order valence-electron chi connectivity index (χ0n) is 21.1. The summed E-state index contributed by atoms with van der Waals surface area (Å²) in [6.45, 7) is 6.21. The van der Waals surface area contributed by atoms with Crippen LogP contribution in [0.1, 0.15) is 41.9 Å². The van der Waals surface area contributed by atoms with Gasteiger partial charge in [0.1, 0.15) is 5.82 Å². The molecule has 2 aliphatic rings. The van der Waals surface area contributed by atoms with Crippen LogP contribution in [-0.4, -0.2) is 57.8 Å². The van der Waals surface area contributed by atoms with Crippen LogP contribution in [0.4, 0.5) is 5.69 Å². The van der Waals surface area contributed by atoms with Gasteiger partial charge in [-0.25, -0.2) is 4.98 Å². The number of aryl methyl sites for hydroxylation is 1. The maximum absolute atomic E-state index is 13.1. The summed E-state index contributed by atoms with van der Waals surface area (Å²) in [6, 6.07) is 13.3. The molecule has 0 radical (unpaired) electrons. The van der Waals surface area contributed by atoms with Gasteiger partial charge in [0.05, 0.1) is 24.1 Å². The smallest absolute Gasteiger partial charge is 0.261 e. The van der Waals surface area contributed by atoms with E-state index in [0.29, 0.717) is 16.5 Å². The van der Waals surface area contributed by atoms with Crippen LogP contribution in [0.15, 0.2) is 53.5 Å². The number of nitrogens with one attached hydrogen (secondary N) is 1. The van der Waals surface area contributed by atoms with Gasteiger partial charge in [0.25, 0.3) is 11.5 Å². The summed E-state index contributed by atoms with van der Waals surface area (Å²) in [5.41, 5.74) is 2.99. The molecule has 1 N–H and O–H groups in total. The molecular formula is C29H33N5O3. The van der Waals surface area contributed by atoms with Gasteiger partial charge in [-0.3, -0.25) is 19.1 Å². The van der Waals surface area contributed by atoms with E-state index in [-0.39, 0.29) is 11.5 Å². The molecule has 1 amide bonds. The van der Waals surface area contributed by atoms with Crippen molar-refractivity contribution in [1.29, 1.82) is 0 Å². The monoisotopic (exact) mass is 499 g/mol. The second-order valence-electron chi connectivity index (χ2n) is 10.1. The number of hydrogen-bond acceptors (Lipinski definition) is 5. The summed E-state index contributed by atoms with van der Waals surface area (Å²) >= 11 is 0. The zero-order valence-corrected chi connectivity index (χ0v) is 21.1. The summed E-state index contributed by atoms with van der Waals surface area (Å²) < 4.78 is 9.52. The molecule has 2 aliphatic heterocycles. The Hall–Kier alpha value is -3.49.